The van der Waals surface area contributed by atoms with Crippen LogP contribution in [0.5, 0.6) is 0 Å². The lowest BCUT2D eigenvalue weighted by Gasteiger charge is -2.14. The van der Waals surface area contributed by atoms with E-state index in [1.807, 2.05) is 31.2 Å². The van der Waals surface area contributed by atoms with Crippen LogP contribution in [0.1, 0.15) is 24.2 Å². The monoisotopic (exact) mass is 517 g/mol. The second kappa shape index (κ2) is 11.5. The molecule has 1 atom stereocenters. The van der Waals surface area contributed by atoms with Crippen LogP contribution in [0.4, 0.5) is 17.1 Å². The lowest BCUT2D eigenvalue weighted by atomic mass is 10.1. The second-order valence-corrected chi connectivity index (χ2v) is 9.84. The number of thiocarbonyl (C=S) groups is 1. The number of anilines is 3. The van der Waals surface area contributed by atoms with Gasteiger partial charge in [0.05, 0.1) is 5.25 Å². The van der Waals surface area contributed by atoms with Crippen LogP contribution in [0, 0.1) is 0 Å². The highest BCUT2D eigenvalue weighted by molar-refractivity contribution is 8.00. The van der Waals surface area contributed by atoms with Crippen LogP contribution in [0.2, 0.25) is 10.0 Å². The number of carbonyl (C=O) groups excluding carboxylic acids is 2. The van der Waals surface area contributed by atoms with E-state index in [1.165, 1.54) is 18.7 Å². The van der Waals surface area contributed by atoms with E-state index in [-0.39, 0.29) is 16.9 Å². The highest BCUT2D eigenvalue weighted by Crippen LogP contribution is 2.28. The van der Waals surface area contributed by atoms with Crippen molar-refractivity contribution in [2.24, 2.45) is 0 Å². The molecule has 1 unspecified atom stereocenters. The smallest absolute Gasteiger partial charge is 0.237 e. The number of ketones is 1. The van der Waals surface area contributed by atoms with Gasteiger partial charge in [-0.25, -0.2) is 0 Å². The van der Waals surface area contributed by atoms with Gasteiger partial charge in [-0.2, -0.15) is 0 Å². The van der Waals surface area contributed by atoms with Crippen molar-refractivity contribution in [3.63, 3.8) is 0 Å². The molecule has 0 saturated carbocycles. The molecule has 0 aliphatic heterocycles. The minimum Gasteiger partial charge on any atom is -0.332 e. The Kier molecular flexibility index (Phi) is 8.74. The number of thioether (sulfide) groups is 1. The molecule has 0 bridgehead atoms. The molecule has 3 aromatic rings. The summed E-state index contributed by atoms with van der Waals surface area (Å²) in [7, 11) is 0. The number of carbonyl (C=O) groups is 2. The molecular formula is C24H21Cl2N3O2S2. The Labute approximate surface area is 212 Å². The first-order valence-corrected chi connectivity index (χ1v) is 12.0. The fourth-order valence-corrected chi connectivity index (χ4v) is 4.54. The van der Waals surface area contributed by atoms with Crippen LogP contribution in [0.3, 0.4) is 0 Å². The summed E-state index contributed by atoms with van der Waals surface area (Å²) in [6, 6.07) is 19.6. The third kappa shape index (κ3) is 7.75. The van der Waals surface area contributed by atoms with Gasteiger partial charge in [-0.05, 0) is 86.7 Å². The first-order chi connectivity index (χ1) is 15.7. The average Bonchev–Trinajstić information content (AvgIpc) is 2.73. The van der Waals surface area contributed by atoms with Crippen molar-refractivity contribution in [1.82, 2.24) is 0 Å². The van der Waals surface area contributed by atoms with Gasteiger partial charge in [0.15, 0.2) is 10.9 Å². The molecule has 170 valence electrons. The Hall–Kier alpha value is -2.58. The van der Waals surface area contributed by atoms with Gasteiger partial charge in [0, 0.05) is 37.6 Å². The van der Waals surface area contributed by atoms with Crippen LogP contribution in [-0.4, -0.2) is 22.1 Å². The van der Waals surface area contributed by atoms with Crippen LogP contribution in [0.15, 0.2) is 71.6 Å². The third-order valence-electron chi connectivity index (χ3n) is 4.45. The molecular weight excluding hydrogens is 497 g/mol. The summed E-state index contributed by atoms with van der Waals surface area (Å²) in [4.78, 5) is 24.9. The molecule has 1 amide bonds. The summed E-state index contributed by atoms with van der Waals surface area (Å²) in [6.07, 6.45) is 0. The van der Waals surface area contributed by atoms with Crippen LogP contribution < -0.4 is 16.0 Å². The third-order valence-corrected chi connectivity index (χ3v) is 6.19. The number of benzene rings is 3. The van der Waals surface area contributed by atoms with Crippen LogP contribution in [-0.2, 0) is 4.79 Å². The summed E-state index contributed by atoms with van der Waals surface area (Å²) >= 11 is 18.8. The van der Waals surface area contributed by atoms with E-state index >= 15 is 0 Å². The molecule has 3 aromatic carbocycles. The van der Waals surface area contributed by atoms with E-state index in [2.05, 4.69) is 16.0 Å². The number of rotatable bonds is 7. The minimum atomic E-state index is -0.358. The first-order valence-electron chi connectivity index (χ1n) is 9.92. The van der Waals surface area contributed by atoms with Crippen molar-refractivity contribution in [3.8, 4) is 0 Å². The van der Waals surface area contributed by atoms with E-state index in [9.17, 15) is 9.59 Å². The van der Waals surface area contributed by atoms with Gasteiger partial charge in [-0.15, -0.1) is 11.8 Å². The van der Waals surface area contributed by atoms with Gasteiger partial charge in [-0.1, -0.05) is 29.3 Å². The lowest BCUT2D eigenvalue weighted by molar-refractivity contribution is -0.115. The molecule has 0 saturated heterocycles. The van der Waals surface area contributed by atoms with Gasteiger partial charge in [0.1, 0.15) is 0 Å². The topological polar surface area (TPSA) is 70.2 Å². The maximum Gasteiger partial charge on any atom is 0.237 e. The molecule has 9 heteroatoms. The molecule has 3 rings (SSSR count). The predicted octanol–water partition coefficient (Wildman–Crippen LogP) is 7.12. The summed E-state index contributed by atoms with van der Waals surface area (Å²) in [5, 5.41) is 10.0. The Balaban J connectivity index is 1.57. The van der Waals surface area contributed by atoms with E-state index in [0.29, 0.717) is 26.4 Å². The molecule has 0 aliphatic carbocycles. The van der Waals surface area contributed by atoms with Gasteiger partial charge in [0.25, 0.3) is 0 Å². The normalized spacial score (nSPS) is 11.4. The molecule has 0 fully saturated rings. The number of nitrogens with one attached hydrogen (secondary N) is 3. The molecule has 0 aromatic heterocycles. The Morgan fingerprint density at radius 1 is 0.848 bits per heavy atom. The standard InChI is InChI=1S/C24H21Cl2N3O2S2/c1-14(30)16-6-8-19(9-7-16)28-24(32)29-20-4-3-5-22(13-20)33-15(2)23(31)27-21-11-17(25)10-18(26)12-21/h3-13,15H,1-2H3,(H,27,31)(H2,28,29,32). The molecule has 0 heterocycles. The predicted molar refractivity (Wildman–Crippen MR) is 143 cm³/mol. The minimum absolute atomic E-state index is 0.0100. The number of halogens is 2. The van der Waals surface area contributed by atoms with Crippen LogP contribution in [0.25, 0.3) is 0 Å². The highest BCUT2D eigenvalue weighted by atomic mass is 35.5. The molecule has 3 N–H and O–H groups in total. The van der Waals surface area contributed by atoms with Gasteiger partial charge >= 0.3 is 0 Å². The molecule has 0 spiro atoms. The summed E-state index contributed by atoms with van der Waals surface area (Å²) in [5.74, 6) is -0.154. The van der Waals surface area contributed by atoms with E-state index in [0.717, 1.165) is 16.3 Å². The van der Waals surface area contributed by atoms with Gasteiger partial charge < -0.3 is 16.0 Å². The number of hydrogen-bond donors (Lipinski definition) is 3. The summed E-state index contributed by atoms with van der Waals surface area (Å²) in [5.41, 5.74) is 2.75. The van der Waals surface area contributed by atoms with E-state index < -0.39 is 0 Å². The zero-order valence-corrected chi connectivity index (χ0v) is 21.0. The fourth-order valence-electron chi connectivity index (χ4n) is 2.86. The Morgan fingerprint density at radius 2 is 1.48 bits per heavy atom. The molecule has 0 aliphatic rings. The quantitative estimate of drug-likeness (QED) is 0.176. The molecule has 0 radical (unpaired) electrons. The van der Waals surface area contributed by atoms with Crippen molar-refractivity contribution in [3.05, 3.63) is 82.3 Å². The Morgan fingerprint density at radius 3 is 2.12 bits per heavy atom. The van der Waals surface area contributed by atoms with Crippen molar-refractivity contribution in [2.45, 2.75) is 24.0 Å². The summed E-state index contributed by atoms with van der Waals surface area (Å²) < 4.78 is 0. The zero-order valence-electron chi connectivity index (χ0n) is 17.8. The largest absolute Gasteiger partial charge is 0.332 e. The van der Waals surface area contributed by atoms with Crippen LogP contribution >= 0.6 is 47.2 Å². The highest BCUT2D eigenvalue weighted by Gasteiger charge is 2.15. The molecule has 33 heavy (non-hydrogen) atoms. The number of amides is 1. The van der Waals surface area contributed by atoms with Crippen molar-refractivity contribution < 1.29 is 9.59 Å². The zero-order chi connectivity index (χ0) is 24.0. The van der Waals surface area contributed by atoms with Crippen molar-refractivity contribution in [1.29, 1.82) is 0 Å². The average molecular weight is 518 g/mol. The van der Waals surface area contributed by atoms with Gasteiger partial charge in [0.2, 0.25) is 5.91 Å². The van der Waals surface area contributed by atoms with E-state index in [1.54, 1.807) is 42.5 Å². The van der Waals surface area contributed by atoms with E-state index in [4.69, 9.17) is 35.4 Å². The van der Waals surface area contributed by atoms with Crippen molar-refractivity contribution >= 4 is 81.0 Å². The number of hydrogen-bond acceptors (Lipinski definition) is 4. The first kappa shape index (κ1) is 25.1. The lowest BCUT2D eigenvalue weighted by Crippen LogP contribution is -2.22. The van der Waals surface area contributed by atoms with Crippen molar-refractivity contribution in [2.75, 3.05) is 16.0 Å². The second-order valence-electron chi connectivity index (χ2n) is 7.15. The molecule has 5 nitrogen and oxygen atoms in total. The maximum atomic E-state index is 12.6. The summed E-state index contributed by atoms with van der Waals surface area (Å²) in [6.45, 7) is 3.35. The Bertz CT molecular complexity index is 1170. The number of Topliss-reactive ketones (excluding diaryl/α,β-unsaturated/α-hetero) is 1. The maximum absolute atomic E-state index is 12.6. The fraction of sp³-hybridized carbons (Fsp3) is 0.125. The van der Waals surface area contributed by atoms with Gasteiger partial charge in [-0.3, -0.25) is 9.59 Å². The SMILES string of the molecule is CC(=O)c1ccc(NC(=S)Nc2cccc(SC(C)C(=O)Nc3cc(Cl)cc(Cl)c3)c2)cc1.